The van der Waals surface area contributed by atoms with E-state index >= 15 is 0 Å². The molecule has 24 heavy (non-hydrogen) atoms. The van der Waals surface area contributed by atoms with E-state index in [-0.39, 0.29) is 5.69 Å². The van der Waals surface area contributed by atoms with Crippen LogP contribution in [0.3, 0.4) is 0 Å². The molecule has 1 aromatic carbocycles. The average molecular weight is 350 g/mol. The summed E-state index contributed by atoms with van der Waals surface area (Å²) in [7, 11) is 4.63. The van der Waals surface area contributed by atoms with E-state index < -0.39 is 0 Å². The molecule has 0 radical (unpaired) electrons. The Bertz CT molecular complexity index is 923. The van der Waals surface area contributed by atoms with Crippen molar-refractivity contribution in [1.82, 2.24) is 14.5 Å². The van der Waals surface area contributed by atoms with Crippen LogP contribution in [-0.4, -0.2) is 35.9 Å². The van der Waals surface area contributed by atoms with Gasteiger partial charge in [-0.05, 0) is 29.8 Å². The van der Waals surface area contributed by atoms with E-state index in [4.69, 9.17) is 25.8 Å². The predicted octanol–water partition coefficient (Wildman–Crippen LogP) is 2.45. The summed E-state index contributed by atoms with van der Waals surface area (Å²) >= 11 is 5.86. The maximum atomic E-state index is 12.2. The molecule has 126 valence electrons. The van der Waals surface area contributed by atoms with Gasteiger partial charge in [-0.2, -0.15) is 0 Å². The molecule has 0 aliphatic carbocycles. The van der Waals surface area contributed by atoms with E-state index in [1.807, 2.05) is 0 Å². The maximum absolute atomic E-state index is 12.2. The van der Waals surface area contributed by atoms with Crippen molar-refractivity contribution in [3.8, 4) is 17.2 Å². The third-order valence-electron chi connectivity index (χ3n) is 3.67. The van der Waals surface area contributed by atoms with Crippen LogP contribution in [0.4, 0.5) is 0 Å². The van der Waals surface area contributed by atoms with Gasteiger partial charge >= 0.3 is 5.69 Å². The number of halogens is 1. The minimum Gasteiger partial charge on any atom is -0.493 e. The number of ether oxygens (including phenoxy) is 3. The predicted molar refractivity (Wildman–Crippen MR) is 90.6 cm³/mol. The molecule has 0 saturated heterocycles. The van der Waals surface area contributed by atoms with Gasteiger partial charge in [0.25, 0.3) is 0 Å². The van der Waals surface area contributed by atoms with Crippen LogP contribution in [0.5, 0.6) is 17.2 Å². The number of methoxy groups -OCH3 is 3. The molecule has 3 rings (SSSR count). The van der Waals surface area contributed by atoms with Crippen LogP contribution in [0.1, 0.15) is 5.56 Å². The van der Waals surface area contributed by atoms with Crippen LogP contribution in [-0.2, 0) is 6.54 Å². The van der Waals surface area contributed by atoms with Gasteiger partial charge in [0, 0.05) is 0 Å². The van der Waals surface area contributed by atoms with E-state index in [1.54, 1.807) is 50.2 Å². The maximum Gasteiger partial charge on any atom is 0.327 e. The molecule has 2 aromatic heterocycles. The van der Waals surface area contributed by atoms with E-state index in [1.165, 1.54) is 0 Å². The van der Waals surface area contributed by atoms with Crippen molar-refractivity contribution < 1.29 is 14.2 Å². The van der Waals surface area contributed by atoms with E-state index in [2.05, 4.69) is 9.97 Å². The molecule has 0 unspecified atom stereocenters. The summed E-state index contributed by atoms with van der Waals surface area (Å²) in [5, 5.41) is 0.323. The number of aromatic amines is 1. The van der Waals surface area contributed by atoms with Crippen LogP contribution in [0.25, 0.3) is 11.2 Å². The Hall–Kier alpha value is -2.67. The highest BCUT2D eigenvalue weighted by Crippen LogP contribution is 2.38. The summed E-state index contributed by atoms with van der Waals surface area (Å²) in [5.74, 6) is 1.56. The topological polar surface area (TPSA) is 78.4 Å². The van der Waals surface area contributed by atoms with Gasteiger partial charge in [-0.3, -0.25) is 9.55 Å². The molecule has 1 N–H and O–H groups in total. The number of benzene rings is 1. The fourth-order valence-electron chi connectivity index (χ4n) is 2.58. The highest BCUT2D eigenvalue weighted by Gasteiger charge is 2.15. The number of H-pyrrole nitrogens is 1. The second kappa shape index (κ2) is 6.45. The molecule has 0 atom stereocenters. The van der Waals surface area contributed by atoms with Crippen molar-refractivity contribution in [2.45, 2.75) is 6.54 Å². The monoisotopic (exact) mass is 349 g/mol. The van der Waals surface area contributed by atoms with Gasteiger partial charge in [0.1, 0.15) is 5.15 Å². The van der Waals surface area contributed by atoms with E-state index in [0.717, 1.165) is 5.56 Å². The van der Waals surface area contributed by atoms with E-state index in [0.29, 0.717) is 40.1 Å². The van der Waals surface area contributed by atoms with Gasteiger partial charge in [0.15, 0.2) is 17.1 Å². The van der Waals surface area contributed by atoms with Crippen molar-refractivity contribution in [2.75, 3.05) is 21.3 Å². The lowest BCUT2D eigenvalue weighted by Gasteiger charge is -2.14. The zero-order chi connectivity index (χ0) is 17.3. The minimum atomic E-state index is -0.270. The summed E-state index contributed by atoms with van der Waals surface area (Å²) < 4.78 is 17.6. The SMILES string of the molecule is COc1cc(Cn2c(=O)[nH]c3nc(Cl)ccc32)cc(OC)c1OC. The normalized spacial score (nSPS) is 10.8. The minimum absolute atomic E-state index is 0.270. The fraction of sp³-hybridized carbons (Fsp3) is 0.250. The highest BCUT2D eigenvalue weighted by molar-refractivity contribution is 6.29. The van der Waals surface area contributed by atoms with E-state index in [9.17, 15) is 4.79 Å². The van der Waals surface area contributed by atoms with Gasteiger partial charge < -0.3 is 14.2 Å². The molecule has 0 saturated carbocycles. The molecule has 0 fully saturated rings. The Morgan fingerprint density at radius 2 is 1.79 bits per heavy atom. The largest absolute Gasteiger partial charge is 0.493 e. The zero-order valence-corrected chi connectivity index (χ0v) is 14.2. The molecular formula is C16H16ClN3O4. The number of aromatic nitrogens is 3. The Labute approximate surface area is 142 Å². The Morgan fingerprint density at radius 1 is 1.12 bits per heavy atom. The number of rotatable bonds is 5. The van der Waals surface area contributed by atoms with Crippen LogP contribution in [0.2, 0.25) is 5.15 Å². The molecule has 0 amide bonds. The lowest BCUT2D eigenvalue weighted by atomic mass is 10.1. The second-order valence-corrected chi connectivity index (χ2v) is 5.44. The number of imidazole rings is 1. The standard InChI is InChI=1S/C16H16ClN3O4/c1-22-11-6-9(7-12(23-2)14(11)24-3)8-20-10-4-5-13(17)18-15(10)19-16(20)21/h4-7H,8H2,1-3H3,(H,18,19,21). The van der Waals surface area contributed by atoms with Crippen molar-refractivity contribution in [1.29, 1.82) is 0 Å². The van der Waals surface area contributed by atoms with Crippen LogP contribution in [0.15, 0.2) is 29.1 Å². The molecule has 7 nitrogen and oxygen atoms in total. The molecule has 8 heteroatoms. The molecule has 0 bridgehead atoms. The van der Waals surface area contributed by atoms with Crippen molar-refractivity contribution >= 4 is 22.8 Å². The second-order valence-electron chi connectivity index (χ2n) is 5.05. The molecule has 0 spiro atoms. The first-order valence-electron chi connectivity index (χ1n) is 7.11. The highest BCUT2D eigenvalue weighted by atomic mass is 35.5. The first-order valence-corrected chi connectivity index (χ1v) is 7.49. The third kappa shape index (κ3) is 2.78. The Morgan fingerprint density at radius 3 is 2.38 bits per heavy atom. The Balaban J connectivity index is 2.09. The van der Waals surface area contributed by atoms with Crippen molar-refractivity contribution in [2.24, 2.45) is 0 Å². The summed E-state index contributed by atoms with van der Waals surface area (Å²) in [5.41, 5.74) is 1.66. The first kappa shape index (κ1) is 16.2. The molecule has 3 aromatic rings. The molecule has 0 aliphatic heterocycles. The summed E-state index contributed by atoms with van der Waals surface area (Å²) in [6, 6.07) is 7.00. The summed E-state index contributed by atoms with van der Waals surface area (Å²) in [6.07, 6.45) is 0. The van der Waals surface area contributed by atoms with Gasteiger partial charge in [0.2, 0.25) is 5.75 Å². The smallest absolute Gasteiger partial charge is 0.327 e. The number of hydrogen-bond donors (Lipinski definition) is 1. The van der Waals surface area contributed by atoms with Crippen LogP contribution >= 0.6 is 11.6 Å². The van der Waals surface area contributed by atoms with Crippen LogP contribution in [0, 0.1) is 0 Å². The van der Waals surface area contributed by atoms with Gasteiger partial charge in [0.05, 0.1) is 33.4 Å². The first-order chi connectivity index (χ1) is 11.6. The molecule has 2 heterocycles. The quantitative estimate of drug-likeness (QED) is 0.716. The average Bonchev–Trinajstić information content (AvgIpc) is 2.88. The fourth-order valence-corrected chi connectivity index (χ4v) is 2.73. The lowest BCUT2D eigenvalue weighted by molar-refractivity contribution is 0.323. The third-order valence-corrected chi connectivity index (χ3v) is 3.88. The number of pyridine rings is 1. The van der Waals surface area contributed by atoms with Crippen molar-refractivity contribution in [3.05, 3.63) is 45.5 Å². The summed E-state index contributed by atoms with van der Waals surface area (Å²) in [6.45, 7) is 0.318. The van der Waals surface area contributed by atoms with Gasteiger partial charge in [-0.1, -0.05) is 11.6 Å². The number of nitrogens with zero attached hydrogens (tertiary/aromatic N) is 2. The number of fused-ring (bicyclic) bond motifs is 1. The number of nitrogens with one attached hydrogen (secondary N) is 1. The van der Waals surface area contributed by atoms with Crippen LogP contribution < -0.4 is 19.9 Å². The van der Waals surface area contributed by atoms with Gasteiger partial charge in [-0.25, -0.2) is 9.78 Å². The lowest BCUT2D eigenvalue weighted by Crippen LogP contribution is -2.17. The molecule has 0 aliphatic rings. The van der Waals surface area contributed by atoms with Crippen molar-refractivity contribution in [3.63, 3.8) is 0 Å². The van der Waals surface area contributed by atoms with Gasteiger partial charge in [-0.15, -0.1) is 0 Å². The zero-order valence-electron chi connectivity index (χ0n) is 13.4. The summed E-state index contributed by atoms with van der Waals surface area (Å²) in [4.78, 5) is 19.0. The Kier molecular flexibility index (Phi) is 4.35. The molecular weight excluding hydrogens is 334 g/mol. The number of hydrogen-bond acceptors (Lipinski definition) is 5.